The number of aliphatic hydroxyl groups excluding tert-OH is 1. The highest BCUT2D eigenvalue weighted by atomic mass is 16.5. The zero-order valence-corrected chi connectivity index (χ0v) is 17.5. The van der Waals surface area contributed by atoms with Crippen molar-refractivity contribution < 1.29 is 14.6 Å². The third-order valence-electron chi connectivity index (χ3n) is 5.97. The van der Waals surface area contributed by atoms with Gasteiger partial charge in [0.1, 0.15) is 5.75 Å². The van der Waals surface area contributed by atoms with Crippen LogP contribution in [-0.4, -0.2) is 42.7 Å². The summed E-state index contributed by atoms with van der Waals surface area (Å²) in [6, 6.07) is 11.3. The summed E-state index contributed by atoms with van der Waals surface area (Å²) in [4.78, 5) is 13.9. The monoisotopic (exact) mass is 412 g/mol. The van der Waals surface area contributed by atoms with Gasteiger partial charge in [-0.15, -0.1) is 0 Å². The molecule has 7 heteroatoms. The first-order valence-electron chi connectivity index (χ1n) is 10.4. The van der Waals surface area contributed by atoms with Crippen LogP contribution in [0.4, 0.5) is 5.69 Å². The summed E-state index contributed by atoms with van der Waals surface area (Å²) in [5.74, 6) is 0.413. The quantitative estimate of drug-likeness (QED) is 0.490. The molecule has 1 heterocycles. The van der Waals surface area contributed by atoms with Gasteiger partial charge >= 0.3 is 0 Å². The number of aliphatic hydroxyl groups is 1. The summed E-state index contributed by atoms with van der Waals surface area (Å²) in [6.07, 6.45) is 2.38. The van der Waals surface area contributed by atoms with E-state index >= 15 is 0 Å². The molecule has 1 atom stereocenters. The lowest BCUT2D eigenvalue weighted by Crippen LogP contribution is -2.37. The van der Waals surface area contributed by atoms with Crippen LogP contribution in [0.1, 0.15) is 46.0 Å². The van der Waals surface area contributed by atoms with E-state index in [1.807, 2.05) is 30.3 Å². The molecule has 1 saturated heterocycles. The highest BCUT2D eigenvalue weighted by Gasteiger charge is 2.23. The molecule has 7 nitrogen and oxygen atoms in total. The molecule has 1 aliphatic heterocycles. The highest BCUT2D eigenvalue weighted by Crippen LogP contribution is 2.30. The van der Waals surface area contributed by atoms with E-state index in [4.69, 9.17) is 21.9 Å². The molecule has 0 saturated carbocycles. The number of methoxy groups -OCH3 is 1. The Morgan fingerprint density at radius 1 is 1.23 bits per heavy atom. The van der Waals surface area contributed by atoms with Crippen molar-refractivity contribution in [3.05, 3.63) is 58.7 Å². The van der Waals surface area contributed by atoms with Crippen LogP contribution in [-0.2, 0) is 13.0 Å². The predicted molar refractivity (Wildman–Crippen MR) is 118 cm³/mol. The van der Waals surface area contributed by atoms with Crippen molar-refractivity contribution in [1.29, 1.82) is 0 Å². The number of primary amides is 1. The fraction of sp³-hybridized carbons (Fsp3) is 0.435. The van der Waals surface area contributed by atoms with Crippen LogP contribution in [0.3, 0.4) is 0 Å². The van der Waals surface area contributed by atoms with Gasteiger partial charge in [-0.1, -0.05) is 24.3 Å². The van der Waals surface area contributed by atoms with Gasteiger partial charge in [0.2, 0.25) is 0 Å². The average Bonchev–Trinajstić information content (AvgIpc) is 2.76. The van der Waals surface area contributed by atoms with Gasteiger partial charge in [0.05, 0.1) is 18.8 Å². The summed E-state index contributed by atoms with van der Waals surface area (Å²) in [5, 5.41) is 10.6. The van der Waals surface area contributed by atoms with E-state index in [1.165, 1.54) is 7.11 Å². The third-order valence-corrected chi connectivity index (χ3v) is 5.97. The van der Waals surface area contributed by atoms with Crippen molar-refractivity contribution in [2.24, 2.45) is 17.4 Å². The van der Waals surface area contributed by atoms with Crippen molar-refractivity contribution in [3.8, 4) is 5.75 Å². The van der Waals surface area contributed by atoms with Crippen molar-refractivity contribution >= 4 is 11.6 Å². The Morgan fingerprint density at radius 2 is 1.90 bits per heavy atom. The molecule has 3 rings (SSSR count). The first-order valence-corrected chi connectivity index (χ1v) is 10.4. The van der Waals surface area contributed by atoms with Crippen molar-refractivity contribution in [2.75, 3.05) is 32.5 Å². The Hall–Kier alpha value is -2.61. The van der Waals surface area contributed by atoms with Crippen LogP contribution in [0.5, 0.6) is 5.75 Å². The molecule has 162 valence electrons. The van der Waals surface area contributed by atoms with Crippen LogP contribution in [0.25, 0.3) is 0 Å². The first-order chi connectivity index (χ1) is 14.4. The number of nitrogens with zero attached hydrogens (tertiary/aromatic N) is 1. The van der Waals surface area contributed by atoms with E-state index in [2.05, 4.69) is 4.90 Å². The minimum atomic E-state index is -0.547. The number of nitrogen functional groups attached to an aromatic ring is 1. The maximum atomic E-state index is 11.5. The Morgan fingerprint density at radius 3 is 2.47 bits per heavy atom. The molecule has 0 radical (unpaired) electrons. The molecule has 1 unspecified atom stereocenters. The number of carbonyl (C=O) groups excluding carboxylic acids is 1. The lowest BCUT2D eigenvalue weighted by molar-refractivity contribution is 0.0893. The number of rotatable bonds is 8. The molecule has 0 bridgehead atoms. The van der Waals surface area contributed by atoms with E-state index in [0.29, 0.717) is 36.0 Å². The molecule has 2 aromatic rings. The minimum Gasteiger partial charge on any atom is -0.496 e. The number of nitrogens with two attached hydrogens (primary N) is 3. The maximum Gasteiger partial charge on any atom is 0.252 e. The number of anilines is 1. The van der Waals surface area contributed by atoms with Gasteiger partial charge in [-0.3, -0.25) is 4.79 Å². The van der Waals surface area contributed by atoms with Crippen molar-refractivity contribution in [1.82, 2.24) is 4.90 Å². The molecule has 30 heavy (non-hydrogen) atoms. The molecule has 1 amide bonds. The second-order valence-electron chi connectivity index (χ2n) is 8.03. The maximum absolute atomic E-state index is 11.5. The van der Waals surface area contributed by atoms with Gasteiger partial charge in [0.25, 0.3) is 5.91 Å². The van der Waals surface area contributed by atoms with E-state index < -0.39 is 12.0 Å². The second kappa shape index (κ2) is 9.93. The fourth-order valence-corrected chi connectivity index (χ4v) is 4.09. The van der Waals surface area contributed by atoms with Gasteiger partial charge in [-0.2, -0.15) is 0 Å². The number of amides is 1. The summed E-state index contributed by atoms with van der Waals surface area (Å²) < 4.78 is 5.31. The zero-order valence-electron chi connectivity index (χ0n) is 17.5. The Bertz CT molecular complexity index is 861. The number of hydrogen-bond acceptors (Lipinski definition) is 6. The van der Waals surface area contributed by atoms with Crippen molar-refractivity contribution in [3.63, 3.8) is 0 Å². The lowest BCUT2D eigenvalue weighted by Gasteiger charge is -2.33. The molecule has 2 aromatic carbocycles. The molecule has 1 fully saturated rings. The first kappa shape index (κ1) is 22.1. The second-order valence-corrected chi connectivity index (χ2v) is 8.03. The molecular formula is C23H32N4O3. The molecule has 1 aliphatic rings. The van der Waals surface area contributed by atoms with Crippen molar-refractivity contribution in [2.45, 2.75) is 31.9 Å². The molecule has 7 N–H and O–H groups in total. The number of benzene rings is 2. The molecule has 0 spiro atoms. The SMILES string of the molecule is COc1cc(CC2CCN(CC(O)c3ccc(CN)cc3)CC2)c(N)cc1C(N)=O. The zero-order chi connectivity index (χ0) is 21.7. The molecule has 0 aliphatic carbocycles. The largest absolute Gasteiger partial charge is 0.496 e. The van der Waals surface area contributed by atoms with E-state index in [9.17, 15) is 9.90 Å². The third kappa shape index (κ3) is 5.30. The summed E-state index contributed by atoms with van der Waals surface area (Å²) in [7, 11) is 1.52. The van der Waals surface area contributed by atoms with Crippen LogP contribution >= 0.6 is 0 Å². The smallest absolute Gasteiger partial charge is 0.252 e. The van der Waals surface area contributed by atoms with Crippen LogP contribution in [0.2, 0.25) is 0 Å². The number of likely N-dealkylation sites (tertiary alicyclic amines) is 1. The van der Waals surface area contributed by atoms with Gasteiger partial charge in [0.15, 0.2) is 0 Å². The van der Waals surface area contributed by atoms with Gasteiger partial charge in [-0.05, 0) is 67.1 Å². The number of ether oxygens (including phenoxy) is 1. The summed E-state index contributed by atoms with van der Waals surface area (Å²) >= 11 is 0. The number of β-amino-alcohol motifs (C(OH)–C–C–N with tert-alkyl or cyclic N) is 1. The van der Waals surface area contributed by atoms with Crippen LogP contribution in [0, 0.1) is 5.92 Å². The van der Waals surface area contributed by atoms with Crippen LogP contribution < -0.4 is 21.9 Å². The van der Waals surface area contributed by atoms with Crippen LogP contribution in [0.15, 0.2) is 36.4 Å². The summed E-state index contributed by atoms with van der Waals surface area (Å²) in [5.41, 5.74) is 21.0. The topological polar surface area (TPSA) is 128 Å². The van der Waals surface area contributed by atoms with Gasteiger partial charge in [-0.25, -0.2) is 0 Å². The Labute approximate surface area is 177 Å². The number of piperidine rings is 1. The highest BCUT2D eigenvalue weighted by molar-refractivity contribution is 5.96. The Kier molecular flexibility index (Phi) is 7.31. The standard InChI is InChI=1S/C23H32N4O3/c1-30-22-11-18(20(25)12-19(22)23(26)29)10-15-6-8-27(9-7-15)14-21(28)17-4-2-16(13-24)3-5-17/h2-5,11-12,15,21,28H,6-10,13-14,24-25H2,1H3,(H2,26,29). The average molecular weight is 413 g/mol. The minimum absolute atomic E-state index is 0.307. The Balaban J connectivity index is 1.55. The van der Waals surface area contributed by atoms with Gasteiger partial charge < -0.3 is 31.9 Å². The fourth-order valence-electron chi connectivity index (χ4n) is 4.09. The number of hydrogen-bond donors (Lipinski definition) is 4. The number of carbonyl (C=O) groups is 1. The van der Waals surface area contributed by atoms with E-state index in [-0.39, 0.29) is 0 Å². The van der Waals surface area contributed by atoms with E-state index in [0.717, 1.165) is 49.0 Å². The summed E-state index contributed by atoms with van der Waals surface area (Å²) in [6.45, 7) is 2.99. The normalized spacial score (nSPS) is 16.4. The molecular weight excluding hydrogens is 380 g/mol. The molecule has 0 aromatic heterocycles. The lowest BCUT2D eigenvalue weighted by atomic mass is 9.88. The van der Waals surface area contributed by atoms with E-state index in [1.54, 1.807) is 6.07 Å². The predicted octanol–water partition coefficient (Wildman–Crippen LogP) is 1.82. The van der Waals surface area contributed by atoms with Gasteiger partial charge in [0, 0.05) is 18.8 Å².